The molecule has 1 heterocycles. The number of hydrogen-bond acceptors (Lipinski definition) is 3. The summed E-state index contributed by atoms with van der Waals surface area (Å²) in [5.41, 5.74) is 3.54. The molecule has 7 heteroatoms. The second-order valence-electron chi connectivity index (χ2n) is 5.86. The molecule has 0 aromatic heterocycles. The van der Waals surface area contributed by atoms with Crippen LogP contribution < -0.4 is 10.2 Å². The van der Waals surface area contributed by atoms with E-state index >= 15 is 0 Å². The quantitative estimate of drug-likeness (QED) is 0.837. The maximum absolute atomic E-state index is 11.9. The van der Waals surface area contributed by atoms with Gasteiger partial charge >= 0.3 is 6.03 Å². The number of aryl methyl sites for hydroxylation is 2. The topological polar surface area (TPSA) is 86.7 Å². The van der Waals surface area contributed by atoms with Crippen LogP contribution in [-0.2, 0) is 10.1 Å². The Bertz CT molecular complexity index is 922. The van der Waals surface area contributed by atoms with Gasteiger partial charge in [0, 0.05) is 24.3 Å². The first-order valence-corrected chi connectivity index (χ1v) is 8.96. The fourth-order valence-corrected chi connectivity index (χ4v) is 3.55. The van der Waals surface area contributed by atoms with E-state index in [4.69, 9.17) is 0 Å². The zero-order chi connectivity index (χ0) is 17.5. The summed E-state index contributed by atoms with van der Waals surface area (Å²) in [7, 11) is -4.38. The number of rotatable bonds is 3. The summed E-state index contributed by atoms with van der Waals surface area (Å²) < 4.78 is 33.1. The summed E-state index contributed by atoms with van der Waals surface area (Å²) in [5.74, 6) is 0. The SMILES string of the molecule is Cc1ccc(C)c(-c2cc(N3CCNC3=O)ccc2S(=O)(=O)O)c1. The smallest absolute Gasteiger partial charge is 0.321 e. The molecule has 1 saturated heterocycles. The minimum Gasteiger partial charge on any atom is -0.336 e. The molecule has 1 aliphatic heterocycles. The Morgan fingerprint density at radius 3 is 2.46 bits per heavy atom. The minimum absolute atomic E-state index is 0.167. The van der Waals surface area contributed by atoms with Crippen molar-refractivity contribution in [2.45, 2.75) is 18.7 Å². The van der Waals surface area contributed by atoms with Gasteiger partial charge in [-0.1, -0.05) is 23.8 Å². The van der Waals surface area contributed by atoms with Gasteiger partial charge in [-0.3, -0.25) is 9.45 Å². The van der Waals surface area contributed by atoms with Crippen molar-refractivity contribution >= 4 is 21.8 Å². The van der Waals surface area contributed by atoms with Crippen molar-refractivity contribution in [1.29, 1.82) is 0 Å². The number of nitrogens with zero attached hydrogens (tertiary/aromatic N) is 1. The van der Waals surface area contributed by atoms with Gasteiger partial charge in [-0.25, -0.2) is 4.79 Å². The molecule has 3 rings (SSSR count). The van der Waals surface area contributed by atoms with Crippen LogP contribution in [0, 0.1) is 13.8 Å². The van der Waals surface area contributed by atoms with Gasteiger partial charge in [0.1, 0.15) is 4.90 Å². The molecule has 1 aliphatic rings. The molecular weight excluding hydrogens is 328 g/mol. The van der Waals surface area contributed by atoms with Crippen LogP contribution in [0.4, 0.5) is 10.5 Å². The maximum Gasteiger partial charge on any atom is 0.321 e. The third-order valence-corrected chi connectivity index (χ3v) is 5.00. The molecule has 2 aromatic rings. The first-order valence-electron chi connectivity index (χ1n) is 7.52. The molecule has 0 bridgehead atoms. The molecular formula is C17H18N2O4S. The summed E-state index contributed by atoms with van der Waals surface area (Å²) in [6.45, 7) is 4.83. The van der Waals surface area contributed by atoms with Crippen LogP contribution in [0.25, 0.3) is 11.1 Å². The van der Waals surface area contributed by atoms with E-state index < -0.39 is 10.1 Å². The first kappa shape index (κ1) is 16.5. The number of urea groups is 1. The number of benzene rings is 2. The largest absolute Gasteiger partial charge is 0.336 e. The van der Waals surface area contributed by atoms with Crippen molar-refractivity contribution in [3.05, 3.63) is 47.5 Å². The summed E-state index contributed by atoms with van der Waals surface area (Å²) in [6.07, 6.45) is 0. The standard InChI is InChI=1S/C17H18N2O4S/c1-11-3-4-12(2)14(9-11)15-10-13(19-8-7-18-17(19)20)5-6-16(15)24(21,22)23/h3-6,9-10H,7-8H2,1-2H3,(H,18,20)(H,21,22,23). The lowest BCUT2D eigenvalue weighted by Gasteiger charge is -2.18. The Labute approximate surface area is 140 Å². The Hall–Kier alpha value is -2.38. The molecule has 0 spiro atoms. The van der Waals surface area contributed by atoms with Gasteiger partial charge in [0.25, 0.3) is 10.1 Å². The summed E-state index contributed by atoms with van der Waals surface area (Å²) >= 11 is 0. The van der Waals surface area contributed by atoms with Gasteiger partial charge in [0.15, 0.2) is 0 Å². The zero-order valence-corrected chi connectivity index (χ0v) is 14.2. The number of carbonyl (C=O) groups excluding carboxylic acids is 1. The van der Waals surface area contributed by atoms with Crippen molar-refractivity contribution < 1.29 is 17.8 Å². The van der Waals surface area contributed by atoms with Crippen LogP contribution in [0.1, 0.15) is 11.1 Å². The average molecular weight is 346 g/mol. The normalized spacial score (nSPS) is 14.8. The lowest BCUT2D eigenvalue weighted by atomic mass is 9.98. The van der Waals surface area contributed by atoms with Crippen molar-refractivity contribution in [1.82, 2.24) is 5.32 Å². The Morgan fingerprint density at radius 2 is 1.83 bits per heavy atom. The summed E-state index contributed by atoms with van der Waals surface area (Å²) in [6, 6.07) is 9.98. The van der Waals surface area contributed by atoms with Crippen molar-refractivity contribution in [2.24, 2.45) is 0 Å². The Balaban J connectivity index is 2.24. The maximum atomic E-state index is 11.9. The number of anilines is 1. The van der Waals surface area contributed by atoms with Crippen LogP contribution in [-0.4, -0.2) is 32.1 Å². The van der Waals surface area contributed by atoms with Gasteiger partial charge in [-0.05, 0) is 43.2 Å². The van der Waals surface area contributed by atoms with E-state index in [2.05, 4.69) is 5.32 Å². The fraction of sp³-hybridized carbons (Fsp3) is 0.235. The molecule has 24 heavy (non-hydrogen) atoms. The molecule has 0 saturated carbocycles. The monoisotopic (exact) mass is 346 g/mol. The molecule has 1 fully saturated rings. The summed E-state index contributed by atoms with van der Waals surface area (Å²) in [4.78, 5) is 13.2. The number of hydrogen-bond donors (Lipinski definition) is 2. The molecule has 2 N–H and O–H groups in total. The van der Waals surface area contributed by atoms with Gasteiger partial charge in [-0.2, -0.15) is 8.42 Å². The molecule has 126 valence electrons. The van der Waals surface area contributed by atoms with Crippen LogP contribution >= 0.6 is 0 Å². The molecule has 2 aromatic carbocycles. The van der Waals surface area contributed by atoms with E-state index in [-0.39, 0.29) is 10.9 Å². The van der Waals surface area contributed by atoms with Crippen molar-refractivity contribution in [2.75, 3.05) is 18.0 Å². The molecule has 6 nitrogen and oxygen atoms in total. The second kappa shape index (κ2) is 5.92. The third kappa shape index (κ3) is 3.00. The highest BCUT2D eigenvalue weighted by Crippen LogP contribution is 2.34. The lowest BCUT2D eigenvalue weighted by molar-refractivity contribution is 0.252. The average Bonchev–Trinajstić information content (AvgIpc) is 2.94. The van der Waals surface area contributed by atoms with E-state index in [0.29, 0.717) is 29.9 Å². The van der Waals surface area contributed by atoms with Crippen LogP contribution in [0.5, 0.6) is 0 Å². The van der Waals surface area contributed by atoms with Crippen LogP contribution in [0.15, 0.2) is 41.3 Å². The highest BCUT2D eigenvalue weighted by Gasteiger charge is 2.24. The van der Waals surface area contributed by atoms with E-state index in [0.717, 1.165) is 11.1 Å². The van der Waals surface area contributed by atoms with Crippen LogP contribution in [0.2, 0.25) is 0 Å². The predicted octanol–water partition coefficient (Wildman–Crippen LogP) is 2.75. The molecule has 0 unspecified atom stereocenters. The van der Waals surface area contributed by atoms with E-state index in [1.807, 2.05) is 32.0 Å². The van der Waals surface area contributed by atoms with Gasteiger partial charge < -0.3 is 5.32 Å². The molecule has 0 aliphatic carbocycles. The number of carbonyl (C=O) groups is 1. The highest BCUT2D eigenvalue weighted by molar-refractivity contribution is 7.86. The van der Waals surface area contributed by atoms with E-state index in [1.54, 1.807) is 11.0 Å². The Kier molecular flexibility index (Phi) is 4.06. The zero-order valence-electron chi connectivity index (χ0n) is 13.4. The highest BCUT2D eigenvalue weighted by atomic mass is 32.2. The Morgan fingerprint density at radius 1 is 1.08 bits per heavy atom. The van der Waals surface area contributed by atoms with Gasteiger partial charge in [0.2, 0.25) is 0 Å². The van der Waals surface area contributed by atoms with Gasteiger partial charge in [-0.15, -0.1) is 0 Å². The molecule has 0 radical (unpaired) electrons. The molecule has 2 amide bonds. The van der Waals surface area contributed by atoms with Gasteiger partial charge in [0.05, 0.1) is 0 Å². The first-order chi connectivity index (χ1) is 11.3. The number of nitrogens with one attached hydrogen (secondary N) is 1. The second-order valence-corrected chi connectivity index (χ2v) is 7.25. The number of amides is 2. The predicted molar refractivity (Wildman–Crippen MR) is 91.9 cm³/mol. The summed E-state index contributed by atoms with van der Waals surface area (Å²) in [5, 5.41) is 2.71. The van der Waals surface area contributed by atoms with E-state index in [1.165, 1.54) is 12.1 Å². The van der Waals surface area contributed by atoms with Crippen molar-refractivity contribution in [3.8, 4) is 11.1 Å². The lowest BCUT2D eigenvalue weighted by Crippen LogP contribution is -2.27. The minimum atomic E-state index is -4.38. The third-order valence-electron chi connectivity index (χ3n) is 4.09. The van der Waals surface area contributed by atoms with Crippen molar-refractivity contribution in [3.63, 3.8) is 0 Å². The fourth-order valence-electron chi connectivity index (χ4n) is 2.87. The van der Waals surface area contributed by atoms with E-state index in [9.17, 15) is 17.8 Å². The molecule has 0 atom stereocenters. The van der Waals surface area contributed by atoms with Crippen LogP contribution in [0.3, 0.4) is 0 Å².